The largest absolute Gasteiger partial charge is 0.507 e. The standard InChI is InChI=1S/C13H13ClN2O3/c1-18-11(7-2-3-7)12-15-13(19-16-12)9-5-4-8(14)6-10(9)17/h4-7,11,17H,2-3H2,1H3. The van der Waals surface area contributed by atoms with Gasteiger partial charge >= 0.3 is 0 Å². The van der Waals surface area contributed by atoms with E-state index in [4.69, 9.17) is 20.9 Å². The predicted molar refractivity (Wildman–Crippen MR) is 68.9 cm³/mol. The van der Waals surface area contributed by atoms with Gasteiger partial charge in [-0.25, -0.2) is 0 Å². The molecule has 0 bridgehead atoms. The fraction of sp³-hybridized carbons (Fsp3) is 0.385. The van der Waals surface area contributed by atoms with Crippen LogP contribution in [0.4, 0.5) is 0 Å². The first kappa shape index (κ1) is 12.4. The van der Waals surface area contributed by atoms with Crippen molar-refractivity contribution in [3.8, 4) is 17.2 Å². The van der Waals surface area contributed by atoms with E-state index >= 15 is 0 Å². The molecule has 0 amide bonds. The van der Waals surface area contributed by atoms with Crippen LogP contribution in [0.2, 0.25) is 5.02 Å². The molecule has 0 saturated heterocycles. The van der Waals surface area contributed by atoms with Gasteiger partial charge in [0.05, 0.1) is 5.56 Å². The van der Waals surface area contributed by atoms with Crippen LogP contribution >= 0.6 is 11.6 Å². The van der Waals surface area contributed by atoms with Gasteiger partial charge in [-0.05, 0) is 37.0 Å². The van der Waals surface area contributed by atoms with E-state index in [1.165, 1.54) is 6.07 Å². The van der Waals surface area contributed by atoms with E-state index in [9.17, 15) is 5.11 Å². The van der Waals surface area contributed by atoms with Crippen molar-refractivity contribution in [3.05, 3.63) is 29.0 Å². The molecule has 1 aliphatic carbocycles. The first-order valence-corrected chi connectivity index (χ1v) is 6.42. The lowest BCUT2D eigenvalue weighted by Gasteiger charge is -2.08. The molecule has 1 aromatic heterocycles. The second kappa shape index (κ2) is 4.83. The topological polar surface area (TPSA) is 68.4 Å². The van der Waals surface area contributed by atoms with Crippen molar-refractivity contribution in [1.29, 1.82) is 0 Å². The summed E-state index contributed by atoms with van der Waals surface area (Å²) >= 11 is 5.79. The maximum atomic E-state index is 9.83. The highest BCUT2D eigenvalue weighted by Crippen LogP contribution is 2.42. The van der Waals surface area contributed by atoms with Crippen molar-refractivity contribution in [3.63, 3.8) is 0 Å². The second-order valence-corrected chi connectivity index (χ2v) is 5.05. The summed E-state index contributed by atoms with van der Waals surface area (Å²) in [6.07, 6.45) is 2.11. The van der Waals surface area contributed by atoms with Gasteiger partial charge < -0.3 is 14.4 Å². The van der Waals surface area contributed by atoms with Gasteiger partial charge in [-0.3, -0.25) is 0 Å². The van der Waals surface area contributed by atoms with Crippen molar-refractivity contribution in [2.24, 2.45) is 5.92 Å². The summed E-state index contributed by atoms with van der Waals surface area (Å²) in [4.78, 5) is 4.30. The monoisotopic (exact) mass is 280 g/mol. The Morgan fingerprint density at radius 1 is 1.47 bits per heavy atom. The number of halogens is 1. The number of aromatic nitrogens is 2. The Morgan fingerprint density at radius 2 is 2.26 bits per heavy atom. The summed E-state index contributed by atoms with van der Waals surface area (Å²) in [6.45, 7) is 0. The summed E-state index contributed by atoms with van der Waals surface area (Å²) in [5.41, 5.74) is 0.466. The minimum atomic E-state index is -0.132. The second-order valence-electron chi connectivity index (χ2n) is 4.61. The van der Waals surface area contributed by atoms with Crippen LogP contribution in [-0.2, 0) is 4.74 Å². The van der Waals surface area contributed by atoms with E-state index < -0.39 is 0 Å². The van der Waals surface area contributed by atoms with Crippen LogP contribution in [0.25, 0.3) is 11.5 Å². The Balaban J connectivity index is 1.91. The average molecular weight is 281 g/mol. The molecule has 1 heterocycles. The van der Waals surface area contributed by atoms with Gasteiger partial charge in [0.15, 0.2) is 0 Å². The first-order valence-electron chi connectivity index (χ1n) is 6.04. The van der Waals surface area contributed by atoms with Crippen molar-refractivity contribution in [2.75, 3.05) is 7.11 Å². The number of hydrogen-bond acceptors (Lipinski definition) is 5. The van der Waals surface area contributed by atoms with Gasteiger partial charge in [-0.1, -0.05) is 16.8 Å². The fourth-order valence-corrected chi connectivity index (χ4v) is 2.22. The van der Waals surface area contributed by atoms with Gasteiger partial charge in [0.2, 0.25) is 5.82 Å². The molecule has 100 valence electrons. The van der Waals surface area contributed by atoms with Crippen LogP contribution in [0.15, 0.2) is 22.7 Å². The molecule has 2 aromatic rings. The number of benzene rings is 1. The average Bonchev–Trinajstić information content (AvgIpc) is 3.09. The molecule has 3 rings (SSSR count). The smallest absolute Gasteiger partial charge is 0.261 e. The van der Waals surface area contributed by atoms with Gasteiger partial charge in [0.1, 0.15) is 11.9 Å². The van der Waals surface area contributed by atoms with E-state index in [1.807, 2.05) is 0 Å². The Labute approximate surface area is 115 Å². The fourth-order valence-electron chi connectivity index (χ4n) is 2.05. The SMILES string of the molecule is COC(c1noc(-c2ccc(Cl)cc2O)n1)C1CC1. The minimum Gasteiger partial charge on any atom is -0.507 e. The lowest BCUT2D eigenvalue weighted by atomic mass is 10.2. The van der Waals surface area contributed by atoms with Crippen LogP contribution in [0.5, 0.6) is 5.75 Å². The van der Waals surface area contributed by atoms with Crippen LogP contribution in [-0.4, -0.2) is 22.4 Å². The molecule has 0 radical (unpaired) electrons. The molecule has 1 aromatic carbocycles. The van der Waals surface area contributed by atoms with Crippen molar-refractivity contribution < 1.29 is 14.4 Å². The van der Waals surface area contributed by atoms with Gasteiger partial charge in [-0.2, -0.15) is 4.98 Å². The predicted octanol–water partition coefficient (Wildman–Crippen LogP) is 3.19. The molecule has 0 spiro atoms. The lowest BCUT2D eigenvalue weighted by Crippen LogP contribution is -2.05. The Hall–Kier alpha value is -1.59. The highest BCUT2D eigenvalue weighted by Gasteiger charge is 2.35. The quantitative estimate of drug-likeness (QED) is 0.931. The number of ether oxygens (including phenoxy) is 1. The molecular formula is C13H13ClN2O3. The number of hydrogen-bond donors (Lipinski definition) is 1. The Morgan fingerprint density at radius 3 is 2.89 bits per heavy atom. The van der Waals surface area contributed by atoms with Crippen molar-refractivity contribution in [1.82, 2.24) is 10.1 Å². The molecular weight excluding hydrogens is 268 g/mol. The third-order valence-corrected chi connectivity index (χ3v) is 3.43. The zero-order valence-electron chi connectivity index (χ0n) is 10.3. The van der Waals surface area contributed by atoms with Gasteiger partial charge in [0.25, 0.3) is 5.89 Å². The number of aromatic hydroxyl groups is 1. The highest BCUT2D eigenvalue weighted by atomic mass is 35.5. The summed E-state index contributed by atoms with van der Waals surface area (Å²) in [6, 6.07) is 4.75. The highest BCUT2D eigenvalue weighted by molar-refractivity contribution is 6.30. The van der Waals surface area contributed by atoms with Crippen LogP contribution in [0.3, 0.4) is 0 Å². The number of methoxy groups -OCH3 is 1. The number of nitrogens with zero attached hydrogens (tertiary/aromatic N) is 2. The normalized spacial score (nSPS) is 16.5. The van der Waals surface area contributed by atoms with Crippen LogP contribution in [0, 0.1) is 5.92 Å². The zero-order chi connectivity index (χ0) is 13.4. The molecule has 1 N–H and O–H groups in total. The molecule has 19 heavy (non-hydrogen) atoms. The third-order valence-electron chi connectivity index (χ3n) is 3.19. The van der Waals surface area contributed by atoms with E-state index in [2.05, 4.69) is 10.1 Å². The summed E-state index contributed by atoms with van der Waals surface area (Å²) in [7, 11) is 1.64. The van der Waals surface area contributed by atoms with E-state index in [1.54, 1.807) is 19.2 Å². The third kappa shape index (κ3) is 2.43. The van der Waals surface area contributed by atoms with Crippen molar-refractivity contribution in [2.45, 2.75) is 18.9 Å². The van der Waals surface area contributed by atoms with E-state index in [-0.39, 0.29) is 17.7 Å². The molecule has 1 fully saturated rings. The van der Waals surface area contributed by atoms with Gasteiger partial charge in [-0.15, -0.1) is 0 Å². The number of rotatable bonds is 4. The zero-order valence-corrected chi connectivity index (χ0v) is 11.1. The van der Waals surface area contributed by atoms with E-state index in [0.29, 0.717) is 22.3 Å². The molecule has 6 heteroatoms. The molecule has 1 saturated carbocycles. The van der Waals surface area contributed by atoms with Crippen molar-refractivity contribution >= 4 is 11.6 Å². The number of phenolic OH excluding ortho intramolecular Hbond substituents is 1. The summed E-state index contributed by atoms with van der Waals surface area (Å²) in [5, 5.41) is 14.2. The maximum Gasteiger partial charge on any atom is 0.261 e. The van der Waals surface area contributed by atoms with Gasteiger partial charge in [0, 0.05) is 12.1 Å². The maximum absolute atomic E-state index is 9.83. The lowest BCUT2D eigenvalue weighted by molar-refractivity contribution is 0.0751. The van der Waals surface area contributed by atoms with Crippen LogP contribution < -0.4 is 0 Å². The first-order chi connectivity index (χ1) is 9.19. The molecule has 0 aliphatic heterocycles. The minimum absolute atomic E-state index is 0.0167. The Bertz CT molecular complexity index is 595. The molecule has 1 atom stereocenters. The van der Waals surface area contributed by atoms with E-state index in [0.717, 1.165) is 12.8 Å². The molecule has 1 unspecified atom stereocenters. The molecule has 1 aliphatic rings. The Kier molecular flexibility index (Phi) is 3.16. The number of phenols is 1. The summed E-state index contributed by atoms with van der Waals surface area (Å²) < 4.78 is 10.6. The summed E-state index contributed by atoms with van der Waals surface area (Å²) in [5.74, 6) is 1.28. The molecule has 5 nitrogen and oxygen atoms in total. The van der Waals surface area contributed by atoms with Crippen LogP contribution in [0.1, 0.15) is 24.8 Å².